The predicted molar refractivity (Wildman–Crippen MR) is 117 cm³/mol. The maximum atomic E-state index is 13.4. The van der Waals surface area contributed by atoms with Crippen molar-refractivity contribution < 1.29 is 18.0 Å². The summed E-state index contributed by atoms with van der Waals surface area (Å²) in [5.41, 5.74) is 2.40. The van der Waals surface area contributed by atoms with Crippen LogP contribution in [0.15, 0.2) is 79.3 Å². The van der Waals surface area contributed by atoms with Gasteiger partial charge in [-0.2, -0.15) is 13.2 Å². The number of pyridine rings is 1. The molecule has 0 saturated carbocycles. The molecule has 2 aromatic carbocycles. The highest BCUT2D eigenvalue weighted by Crippen LogP contribution is 2.37. The minimum absolute atomic E-state index is 0.0282. The molecule has 164 valence electrons. The number of halogens is 3. The van der Waals surface area contributed by atoms with Crippen molar-refractivity contribution in [2.75, 3.05) is 0 Å². The summed E-state index contributed by atoms with van der Waals surface area (Å²) in [6, 6.07) is 16.5. The van der Waals surface area contributed by atoms with Crippen LogP contribution in [-0.2, 0) is 24.6 Å². The Kier molecular flexibility index (Phi) is 5.99. The number of carbonyl (C=O) groups excluding carboxylic acids is 1. The van der Waals surface area contributed by atoms with Crippen LogP contribution in [0.5, 0.6) is 0 Å². The van der Waals surface area contributed by atoms with Crippen LogP contribution in [0.2, 0.25) is 0 Å². The average Bonchev–Trinajstić information content (AvgIpc) is 3.13. The predicted octanol–water partition coefficient (Wildman–Crippen LogP) is 5.43. The number of hydrogen-bond acceptors (Lipinski definition) is 2. The Hall–Kier alpha value is -3.61. The van der Waals surface area contributed by atoms with Crippen molar-refractivity contribution >= 4 is 16.8 Å². The molecule has 0 spiro atoms. The summed E-state index contributed by atoms with van der Waals surface area (Å²) in [6.07, 6.45) is 0.751. The van der Waals surface area contributed by atoms with Crippen LogP contribution in [-0.4, -0.2) is 15.5 Å². The lowest BCUT2D eigenvalue weighted by Crippen LogP contribution is -2.25. The molecular formula is C25H22F3N3O. The number of aryl methyl sites for hydroxylation is 1. The molecule has 32 heavy (non-hydrogen) atoms. The van der Waals surface area contributed by atoms with Gasteiger partial charge in [0.15, 0.2) is 0 Å². The smallest absolute Gasteiger partial charge is 0.352 e. The van der Waals surface area contributed by atoms with Gasteiger partial charge in [-0.25, -0.2) is 0 Å². The van der Waals surface area contributed by atoms with Crippen molar-refractivity contribution in [3.63, 3.8) is 0 Å². The van der Waals surface area contributed by atoms with E-state index in [0.29, 0.717) is 12.1 Å². The average molecular weight is 437 g/mol. The Balaban J connectivity index is 1.69. The molecule has 1 amide bonds. The summed E-state index contributed by atoms with van der Waals surface area (Å²) >= 11 is 0. The minimum Gasteiger partial charge on any atom is -0.352 e. The molecule has 2 heterocycles. The number of benzene rings is 2. The standard InChI is InChI=1S/C25H22F3N3O/c1-31-16-22(20-7-2-3-8-23(20)31)21(18-5-4-6-19(13-18)25(26,27)28)14-24(32)30-15-17-9-11-29-12-10-17/h2-13,16,21H,14-15H2,1H3,(H,30,32). The molecule has 4 aromatic rings. The Labute approximate surface area is 183 Å². The molecule has 0 bridgehead atoms. The van der Waals surface area contributed by atoms with Crippen LogP contribution >= 0.6 is 0 Å². The zero-order chi connectivity index (χ0) is 22.7. The first kappa shape index (κ1) is 21.6. The van der Waals surface area contributed by atoms with Gasteiger partial charge in [0.1, 0.15) is 0 Å². The largest absolute Gasteiger partial charge is 0.416 e. The summed E-state index contributed by atoms with van der Waals surface area (Å²) in [5, 5.41) is 3.79. The second kappa shape index (κ2) is 8.86. The highest BCUT2D eigenvalue weighted by Gasteiger charge is 2.32. The summed E-state index contributed by atoms with van der Waals surface area (Å²) in [6.45, 7) is 0.326. The van der Waals surface area contributed by atoms with Gasteiger partial charge in [0.25, 0.3) is 0 Å². The highest BCUT2D eigenvalue weighted by atomic mass is 19.4. The van der Waals surface area contributed by atoms with Crippen LogP contribution in [0.25, 0.3) is 10.9 Å². The van der Waals surface area contributed by atoms with Crippen LogP contribution < -0.4 is 5.32 Å². The van der Waals surface area contributed by atoms with E-state index in [0.717, 1.165) is 34.2 Å². The summed E-state index contributed by atoms with van der Waals surface area (Å²) in [7, 11) is 1.89. The van der Waals surface area contributed by atoms with Gasteiger partial charge in [-0.1, -0.05) is 36.4 Å². The molecule has 7 heteroatoms. The van der Waals surface area contributed by atoms with Crippen molar-refractivity contribution in [3.05, 3.63) is 102 Å². The summed E-state index contributed by atoms with van der Waals surface area (Å²) in [5.74, 6) is -0.766. The first-order valence-electron chi connectivity index (χ1n) is 10.2. The normalized spacial score (nSPS) is 12.6. The number of nitrogens with zero attached hydrogens (tertiary/aromatic N) is 2. The second-order valence-corrected chi connectivity index (χ2v) is 7.72. The van der Waals surface area contributed by atoms with Crippen molar-refractivity contribution in [2.45, 2.75) is 25.1 Å². The molecule has 0 aliphatic carbocycles. The first-order valence-corrected chi connectivity index (χ1v) is 10.2. The lowest BCUT2D eigenvalue weighted by Gasteiger charge is -2.19. The third-order valence-corrected chi connectivity index (χ3v) is 5.55. The number of fused-ring (bicyclic) bond motifs is 1. The van der Waals surface area contributed by atoms with Gasteiger partial charge in [0, 0.05) is 55.4 Å². The lowest BCUT2D eigenvalue weighted by molar-refractivity contribution is -0.137. The number of alkyl halides is 3. The number of amides is 1. The molecule has 1 N–H and O–H groups in total. The Morgan fingerprint density at radius 2 is 1.81 bits per heavy atom. The molecule has 0 saturated heterocycles. The number of carbonyl (C=O) groups is 1. The van der Waals surface area contributed by atoms with Gasteiger partial charge in [0.2, 0.25) is 5.91 Å². The van der Waals surface area contributed by atoms with Crippen molar-refractivity contribution in [1.29, 1.82) is 0 Å². The van der Waals surface area contributed by atoms with E-state index in [1.165, 1.54) is 6.07 Å². The molecule has 4 nitrogen and oxygen atoms in total. The monoisotopic (exact) mass is 437 g/mol. The van der Waals surface area contributed by atoms with Gasteiger partial charge in [-0.15, -0.1) is 0 Å². The fraction of sp³-hybridized carbons (Fsp3) is 0.200. The number of hydrogen-bond donors (Lipinski definition) is 1. The molecule has 1 atom stereocenters. The third-order valence-electron chi connectivity index (χ3n) is 5.55. The molecule has 0 radical (unpaired) electrons. The van der Waals surface area contributed by atoms with E-state index in [9.17, 15) is 18.0 Å². The first-order chi connectivity index (χ1) is 15.3. The van der Waals surface area contributed by atoms with E-state index in [-0.39, 0.29) is 12.3 Å². The Bertz CT molecular complexity index is 1230. The molecule has 2 aromatic heterocycles. The molecular weight excluding hydrogens is 415 g/mol. The Morgan fingerprint density at radius 1 is 1.06 bits per heavy atom. The molecule has 0 aliphatic rings. The number of nitrogens with one attached hydrogen (secondary N) is 1. The van der Waals surface area contributed by atoms with Crippen molar-refractivity contribution in [1.82, 2.24) is 14.9 Å². The number of aromatic nitrogens is 2. The number of para-hydroxylation sites is 1. The van der Waals surface area contributed by atoms with E-state index in [4.69, 9.17) is 0 Å². The van der Waals surface area contributed by atoms with E-state index in [2.05, 4.69) is 10.3 Å². The third kappa shape index (κ3) is 4.66. The molecule has 1 unspecified atom stereocenters. The zero-order valence-electron chi connectivity index (χ0n) is 17.4. The highest BCUT2D eigenvalue weighted by molar-refractivity contribution is 5.86. The topological polar surface area (TPSA) is 46.9 Å². The quantitative estimate of drug-likeness (QED) is 0.437. The summed E-state index contributed by atoms with van der Waals surface area (Å²) < 4.78 is 42.1. The molecule has 0 aliphatic heterocycles. The fourth-order valence-electron chi connectivity index (χ4n) is 3.95. The van der Waals surface area contributed by atoms with Gasteiger partial charge in [-0.05, 0) is 41.0 Å². The second-order valence-electron chi connectivity index (χ2n) is 7.72. The van der Waals surface area contributed by atoms with Crippen LogP contribution in [0.3, 0.4) is 0 Å². The maximum Gasteiger partial charge on any atom is 0.416 e. The van der Waals surface area contributed by atoms with E-state index < -0.39 is 17.7 Å². The zero-order valence-corrected chi connectivity index (χ0v) is 17.4. The van der Waals surface area contributed by atoms with Crippen LogP contribution in [0, 0.1) is 0 Å². The van der Waals surface area contributed by atoms with E-state index in [1.807, 2.05) is 42.1 Å². The lowest BCUT2D eigenvalue weighted by atomic mass is 9.87. The maximum absolute atomic E-state index is 13.4. The van der Waals surface area contributed by atoms with Gasteiger partial charge in [-0.3, -0.25) is 9.78 Å². The van der Waals surface area contributed by atoms with E-state index >= 15 is 0 Å². The van der Waals surface area contributed by atoms with Gasteiger partial charge < -0.3 is 9.88 Å². The molecule has 4 rings (SSSR count). The van der Waals surface area contributed by atoms with Crippen LogP contribution in [0.4, 0.5) is 13.2 Å². The fourth-order valence-corrected chi connectivity index (χ4v) is 3.95. The van der Waals surface area contributed by atoms with Gasteiger partial charge in [0.05, 0.1) is 5.56 Å². The SMILES string of the molecule is Cn1cc(C(CC(=O)NCc2ccncc2)c2cccc(C(F)(F)F)c2)c2ccccc21. The van der Waals surface area contributed by atoms with Crippen LogP contribution in [0.1, 0.15) is 34.6 Å². The summed E-state index contributed by atoms with van der Waals surface area (Å²) in [4.78, 5) is 16.8. The van der Waals surface area contributed by atoms with Crippen molar-refractivity contribution in [2.24, 2.45) is 7.05 Å². The van der Waals surface area contributed by atoms with Gasteiger partial charge >= 0.3 is 6.18 Å². The molecule has 0 fully saturated rings. The minimum atomic E-state index is -4.46. The van der Waals surface area contributed by atoms with E-state index in [1.54, 1.807) is 30.6 Å². The van der Waals surface area contributed by atoms with Crippen molar-refractivity contribution in [3.8, 4) is 0 Å². The number of rotatable bonds is 6. The Morgan fingerprint density at radius 3 is 2.56 bits per heavy atom.